The van der Waals surface area contributed by atoms with Crippen molar-refractivity contribution in [2.45, 2.75) is 50.4 Å². The molecule has 1 aromatic heterocycles. The molecule has 0 atom stereocenters. The summed E-state index contributed by atoms with van der Waals surface area (Å²) in [5, 5.41) is 9.24. The van der Waals surface area contributed by atoms with Gasteiger partial charge in [-0.2, -0.15) is 0 Å². The van der Waals surface area contributed by atoms with Gasteiger partial charge in [-0.15, -0.1) is 0 Å². The minimum atomic E-state index is -1.00. The van der Waals surface area contributed by atoms with Crippen LogP contribution in [0.5, 0.6) is 5.75 Å². The van der Waals surface area contributed by atoms with Crippen molar-refractivity contribution in [3.8, 4) is 5.75 Å². The molecule has 0 bridgehead atoms. The summed E-state index contributed by atoms with van der Waals surface area (Å²) in [6.07, 6.45) is 7.18. The fourth-order valence-corrected chi connectivity index (χ4v) is 3.08. The molecule has 0 radical (unpaired) electrons. The zero-order valence-corrected chi connectivity index (χ0v) is 11.2. The molecule has 4 nitrogen and oxygen atoms in total. The number of carbonyl (C=O) groups is 1. The Kier molecular flexibility index (Phi) is 3.17. The molecule has 0 amide bonds. The predicted molar refractivity (Wildman–Crippen MR) is 70.9 cm³/mol. The zero-order chi connectivity index (χ0) is 13.4. The number of rotatable bonds is 4. The van der Waals surface area contributed by atoms with Gasteiger partial charge in [0.2, 0.25) is 0 Å². The van der Waals surface area contributed by atoms with E-state index in [9.17, 15) is 9.90 Å². The summed E-state index contributed by atoms with van der Waals surface area (Å²) in [4.78, 5) is 15.7. The molecule has 1 heterocycles. The number of carboxylic acid groups (broad SMARTS) is 1. The normalized spacial score (nSPS) is 19.6. The minimum Gasteiger partial charge on any atom is -0.494 e. The lowest BCUT2D eigenvalue weighted by molar-refractivity contribution is 0.0686. The van der Waals surface area contributed by atoms with E-state index < -0.39 is 5.97 Å². The first kappa shape index (κ1) is 12.5. The van der Waals surface area contributed by atoms with Gasteiger partial charge in [0.15, 0.2) is 11.4 Å². The number of ether oxygens (including phenoxy) is 1. The average Bonchev–Trinajstić information content (AvgIpc) is 3.11. The second-order valence-electron chi connectivity index (χ2n) is 5.57. The maximum absolute atomic E-state index is 11.3. The number of nitrogens with zero attached hydrogens (tertiary/aromatic N) is 1. The molecule has 102 valence electrons. The molecular formula is C15H19NO3. The lowest BCUT2D eigenvalue weighted by atomic mass is 9.93. The summed E-state index contributed by atoms with van der Waals surface area (Å²) in [5.74, 6) is 0.412. The Balaban J connectivity index is 2.07. The number of methoxy groups -OCH3 is 1. The monoisotopic (exact) mass is 261 g/mol. The van der Waals surface area contributed by atoms with Gasteiger partial charge >= 0.3 is 5.97 Å². The Morgan fingerprint density at radius 1 is 1.26 bits per heavy atom. The van der Waals surface area contributed by atoms with Gasteiger partial charge < -0.3 is 9.84 Å². The molecule has 2 aliphatic rings. The molecule has 4 heteroatoms. The fraction of sp³-hybridized carbons (Fsp3) is 0.600. The van der Waals surface area contributed by atoms with Crippen LogP contribution in [0.4, 0.5) is 0 Å². The lowest BCUT2D eigenvalue weighted by Gasteiger charge is -2.17. The Morgan fingerprint density at radius 2 is 1.95 bits per heavy atom. The van der Waals surface area contributed by atoms with Gasteiger partial charge in [0.05, 0.1) is 7.11 Å². The van der Waals surface area contributed by atoms with Crippen LogP contribution >= 0.6 is 0 Å². The highest BCUT2D eigenvalue weighted by Crippen LogP contribution is 2.46. The first-order valence-electron chi connectivity index (χ1n) is 7.03. The van der Waals surface area contributed by atoms with E-state index in [2.05, 4.69) is 4.98 Å². The summed E-state index contributed by atoms with van der Waals surface area (Å²) in [7, 11) is 1.51. The van der Waals surface area contributed by atoms with E-state index in [0.717, 1.165) is 18.5 Å². The largest absolute Gasteiger partial charge is 0.494 e. The standard InChI is InChI=1S/C15H19NO3/c1-19-12-8-11(9-4-2-3-5-9)13(10-6-7-10)16-14(12)15(17)18/h8-10H,2-7H2,1H3,(H,17,18). The zero-order valence-electron chi connectivity index (χ0n) is 11.2. The first-order valence-corrected chi connectivity index (χ1v) is 7.03. The molecule has 1 aromatic rings. The van der Waals surface area contributed by atoms with Crippen LogP contribution in [-0.4, -0.2) is 23.2 Å². The lowest BCUT2D eigenvalue weighted by Crippen LogP contribution is -2.10. The van der Waals surface area contributed by atoms with Crippen molar-refractivity contribution in [2.24, 2.45) is 0 Å². The van der Waals surface area contributed by atoms with Crippen LogP contribution in [0.2, 0.25) is 0 Å². The van der Waals surface area contributed by atoms with Crippen LogP contribution < -0.4 is 4.74 Å². The number of pyridine rings is 1. The SMILES string of the molecule is COc1cc(C2CCCC2)c(C2CC2)nc1C(=O)O. The van der Waals surface area contributed by atoms with Crippen LogP contribution in [0.15, 0.2) is 6.07 Å². The summed E-state index contributed by atoms with van der Waals surface area (Å²) in [6, 6.07) is 1.93. The topological polar surface area (TPSA) is 59.4 Å². The smallest absolute Gasteiger partial charge is 0.358 e. The number of carboxylic acids is 1. The summed E-state index contributed by atoms with van der Waals surface area (Å²) in [6.45, 7) is 0. The van der Waals surface area contributed by atoms with E-state index in [1.54, 1.807) is 0 Å². The van der Waals surface area contributed by atoms with Gasteiger partial charge in [-0.05, 0) is 43.2 Å². The number of hydrogen-bond acceptors (Lipinski definition) is 3. The Hall–Kier alpha value is -1.58. The van der Waals surface area contributed by atoms with Crippen molar-refractivity contribution >= 4 is 5.97 Å². The highest BCUT2D eigenvalue weighted by Gasteiger charge is 2.33. The minimum absolute atomic E-state index is 0.0612. The molecule has 2 saturated carbocycles. The van der Waals surface area contributed by atoms with E-state index in [-0.39, 0.29) is 5.69 Å². The maximum Gasteiger partial charge on any atom is 0.358 e. The Bertz CT molecular complexity index is 502. The maximum atomic E-state index is 11.3. The Labute approximate surface area is 112 Å². The average molecular weight is 261 g/mol. The number of hydrogen-bond donors (Lipinski definition) is 1. The van der Waals surface area contributed by atoms with Gasteiger partial charge in [0.25, 0.3) is 0 Å². The van der Waals surface area contributed by atoms with E-state index >= 15 is 0 Å². The highest BCUT2D eigenvalue weighted by molar-refractivity contribution is 5.88. The second kappa shape index (κ2) is 4.83. The molecule has 0 aliphatic heterocycles. The van der Waals surface area contributed by atoms with Gasteiger partial charge in [0.1, 0.15) is 0 Å². The first-order chi connectivity index (χ1) is 9.20. The fourth-order valence-electron chi connectivity index (χ4n) is 3.08. The summed E-state index contributed by atoms with van der Waals surface area (Å²) >= 11 is 0. The highest BCUT2D eigenvalue weighted by atomic mass is 16.5. The van der Waals surface area contributed by atoms with Crippen LogP contribution in [-0.2, 0) is 0 Å². The second-order valence-corrected chi connectivity index (χ2v) is 5.57. The van der Waals surface area contributed by atoms with Gasteiger partial charge in [0, 0.05) is 11.6 Å². The molecule has 1 N–H and O–H groups in total. The van der Waals surface area contributed by atoms with Crippen molar-refractivity contribution in [1.82, 2.24) is 4.98 Å². The van der Waals surface area contributed by atoms with Gasteiger partial charge in [-0.3, -0.25) is 0 Å². The predicted octanol–water partition coefficient (Wildman–Crippen LogP) is 3.32. The van der Waals surface area contributed by atoms with Crippen molar-refractivity contribution in [1.29, 1.82) is 0 Å². The molecule has 0 aromatic carbocycles. The third kappa shape index (κ3) is 2.31. The third-order valence-corrected chi connectivity index (χ3v) is 4.23. The summed E-state index contributed by atoms with van der Waals surface area (Å²) < 4.78 is 5.22. The quantitative estimate of drug-likeness (QED) is 0.903. The number of aromatic carboxylic acids is 1. The van der Waals surface area contributed by atoms with E-state index in [0.29, 0.717) is 17.6 Å². The van der Waals surface area contributed by atoms with Gasteiger partial charge in [-0.1, -0.05) is 12.8 Å². The van der Waals surface area contributed by atoms with Crippen molar-refractivity contribution < 1.29 is 14.6 Å². The molecule has 2 fully saturated rings. The van der Waals surface area contributed by atoms with Crippen molar-refractivity contribution in [3.63, 3.8) is 0 Å². The molecule has 3 rings (SSSR count). The Morgan fingerprint density at radius 3 is 2.47 bits per heavy atom. The van der Waals surface area contributed by atoms with Crippen LogP contribution in [0.3, 0.4) is 0 Å². The van der Waals surface area contributed by atoms with E-state index in [1.807, 2.05) is 6.07 Å². The molecule has 19 heavy (non-hydrogen) atoms. The van der Waals surface area contributed by atoms with Crippen LogP contribution in [0.25, 0.3) is 0 Å². The van der Waals surface area contributed by atoms with E-state index in [4.69, 9.17) is 4.74 Å². The van der Waals surface area contributed by atoms with Crippen molar-refractivity contribution in [3.05, 3.63) is 23.0 Å². The molecule has 0 unspecified atom stereocenters. The number of aromatic nitrogens is 1. The van der Waals surface area contributed by atoms with Gasteiger partial charge in [-0.25, -0.2) is 9.78 Å². The van der Waals surface area contributed by atoms with E-state index in [1.165, 1.54) is 38.4 Å². The van der Waals surface area contributed by atoms with Crippen molar-refractivity contribution in [2.75, 3.05) is 7.11 Å². The molecular weight excluding hydrogens is 242 g/mol. The molecule has 0 saturated heterocycles. The van der Waals surface area contributed by atoms with Crippen LogP contribution in [0, 0.1) is 0 Å². The summed E-state index contributed by atoms with van der Waals surface area (Å²) in [5.41, 5.74) is 2.32. The molecule has 0 spiro atoms. The van der Waals surface area contributed by atoms with Crippen LogP contribution in [0.1, 0.15) is 72.1 Å². The molecule has 2 aliphatic carbocycles. The third-order valence-electron chi connectivity index (χ3n) is 4.23.